The van der Waals surface area contributed by atoms with Gasteiger partial charge in [0, 0.05) is 12.8 Å². The molecule has 0 saturated carbocycles. The largest absolute Gasteiger partial charge is 0.545 e. The molecule has 0 aromatic heterocycles. The van der Waals surface area contributed by atoms with E-state index in [0.717, 1.165) is 64.2 Å². The number of carboxylic acids is 1. The topological polar surface area (TPSA) is 111 Å². The van der Waals surface area contributed by atoms with Crippen molar-refractivity contribution in [3.8, 4) is 0 Å². The van der Waals surface area contributed by atoms with Crippen molar-refractivity contribution in [2.24, 2.45) is 0 Å². The van der Waals surface area contributed by atoms with Crippen molar-refractivity contribution < 1.29 is 42.9 Å². The molecule has 0 aromatic rings. The molecule has 0 aliphatic rings. The number of rotatable bonds is 51. The Morgan fingerprint density at radius 2 is 0.851 bits per heavy atom. The minimum Gasteiger partial charge on any atom is -0.545 e. The lowest BCUT2D eigenvalue weighted by molar-refractivity contribution is -0.870. The Morgan fingerprint density at radius 3 is 1.27 bits per heavy atom. The van der Waals surface area contributed by atoms with E-state index in [1.807, 2.05) is 21.1 Å². The first-order valence-electron chi connectivity index (χ1n) is 27.8. The van der Waals surface area contributed by atoms with Crippen molar-refractivity contribution in [3.63, 3.8) is 0 Å². The smallest absolute Gasteiger partial charge is 0.306 e. The number of ether oxygens (including phenoxy) is 4. The molecule has 0 fully saturated rings. The summed E-state index contributed by atoms with van der Waals surface area (Å²) in [4.78, 5) is 36.9. The molecule has 9 nitrogen and oxygen atoms in total. The molecule has 9 heteroatoms. The molecule has 0 spiro atoms. The number of quaternary nitrogens is 1. The standard InChI is InChI=1S/C58H105NO8/c1-6-8-10-12-14-15-16-17-18-19-20-21-22-23-24-25-26-27-28-29-30-31-32-33-34-35-36-37-38-39-40-41-43-45-47-49-56(61)67-54(52-65-55(60)48-46-44-42-13-11-9-7-2)53-66-58(57(62)63)64-51-50-59(3,4)5/h8,10,14-15,17-18,20-21,54,58H,6-7,9,11-13,16,19,22-53H2,1-5H3/b10-8-,15-14-,18-17-,21-20-. The van der Waals surface area contributed by atoms with Crippen LogP contribution in [0.15, 0.2) is 48.6 Å². The van der Waals surface area contributed by atoms with Crippen LogP contribution in [0, 0.1) is 0 Å². The van der Waals surface area contributed by atoms with E-state index >= 15 is 0 Å². The van der Waals surface area contributed by atoms with Crippen LogP contribution < -0.4 is 5.11 Å². The van der Waals surface area contributed by atoms with Crippen molar-refractivity contribution in [3.05, 3.63) is 48.6 Å². The van der Waals surface area contributed by atoms with E-state index in [4.69, 9.17) is 18.9 Å². The Kier molecular flexibility index (Phi) is 47.6. The molecule has 0 aliphatic carbocycles. The minimum absolute atomic E-state index is 0.150. The van der Waals surface area contributed by atoms with Crippen molar-refractivity contribution in [2.75, 3.05) is 47.5 Å². The number of hydrogen-bond acceptors (Lipinski definition) is 8. The van der Waals surface area contributed by atoms with Crippen LogP contribution in [0.3, 0.4) is 0 Å². The summed E-state index contributed by atoms with van der Waals surface area (Å²) in [6.45, 7) is 4.60. The second kappa shape index (κ2) is 49.7. The number of hydrogen-bond donors (Lipinski definition) is 0. The number of likely N-dealkylation sites (N-methyl/N-ethyl adjacent to an activating group) is 1. The highest BCUT2D eigenvalue weighted by Gasteiger charge is 2.22. The molecular formula is C58H105NO8. The van der Waals surface area contributed by atoms with E-state index in [-0.39, 0.29) is 32.2 Å². The predicted octanol–water partition coefficient (Wildman–Crippen LogP) is 14.6. The lowest BCUT2D eigenvalue weighted by Gasteiger charge is -2.26. The van der Waals surface area contributed by atoms with Crippen LogP contribution in [0.1, 0.15) is 245 Å². The first-order valence-corrected chi connectivity index (χ1v) is 27.8. The molecule has 0 aliphatic heterocycles. The van der Waals surface area contributed by atoms with Crippen LogP contribution in [-0.4, -0.2) is 82.3 Å². The molecule has 0 aromatic carbocycles. The van der Waals surface area contributed by atoms with Gasteiger partial charge in [0.2, 0.25) is 0 Å². The first kappa shape index (κ1) is 64.2. The molecule has 0 radical (unpaired) electrons. The predicted molar refractivity (Wildman–Crippen MR) is 279 cm³/mol. The number of nitrogens with zero attached hydrogens (tertiary/aromatic N) is 1. The lowest BCUT2D eigenvalue weighted by atomic mass is 10.0. The Bertz CT molecular complexity index is 1240. The molecule has 67 heavy (non-hydrogen) atoms. The summed E-state index contributed by atoms with van der Waals surface area (Å²) in [5.41, 5.74) is 0. The first-order chi connectivity index (χ1) is 32.6. The number of carbonyl (C=O) groups is 3. The number of carbonyl (C=O) groups excluding carboxylic acids is 3. The fourth-order valence-corrected chi connectivity index (χ4v) is 7.82. The summed E-state index contributed by atoms with van der Waals surface area (Å²) in [7, 11) is 5.91. The third-order valence-corrected chi connectivity index (χ3v) is 12.1. The van der Waals surface area contributed by atoms with Gasteiger partial charge < -0.3 is 33.3 Å². The van der Waals surface area contributed by atoms with E-state index in [1.165, 1.54) is 154 Å². The summed E-state index contributed by atoms with van der Waals surface area (Å²) in [5, 5.41) is 11.7. The number of unbranched alkanes of at least 4 members (excludes halogenated alkanes) is 28. The quantitative estimate of drug-likeness (QED) is 0.0195. The van der Waals surface area contributed by atoms with Gasteiger partial charge in [-0.15, -0.1) is 0 Å². The van der Waals surface area contributed by atoms with E-state index < -0.39 is 24.3 Å². The Balaban J connectivity index is 3.91. The van der Waals surface area contributed by atoms with Gasteiger partial charge >= 0.3 is 11.9 Å². The second-order valence-corrected chi connectivity index (χ2v) is 19.9. The molecule has 390 valence electrons. The third-order valence-electron chi connectivity index (χ3n) is 12.1. The number of esters is 2. The number of carboxylic acid groups (broad SMARTS) is 1. The SMILES string of the molecule is CC/C=C\C/C=C\C/C=C\C/C=C\CCCCCCCCCCCCCCCCCCCCCCCCC(=O)OC(COC(=O)CCCCCCCCC)COC(OCC[N+](C)(C)C)C(=O)[O-]. The molecule has 2 unspecified atom stereocenters. The molecule has 2 atom stereocenters. The van der Waals surface area contributed by atoms with E-state index in [9.17, 15) is 19.5 Å². The van der Waals surface area contributed by atoms with Crippen LogP contribution in [0.5, 0.6) is 0 Å². The van der Waals surface area contributed by atoms with Gasteiger partial charge in [-0.05, 0) is 51.4 Å². The van der Waals surface area contributed by atoms with Gasteiger partial charge in [-0.2, -0.15) is 0 Å². The van der Waals surface area contributed by atoms with Crippen molar-refractivity contribution >= 4 is 17.9 Å². The van der Waals surface area contributed by atoms with Gasteiger partial charge in [0.25, 0.3) is 0 Å². The van der Waals surface area contributed by atoms with Crippen LogP contribution in [0.25, 0.3) is 0 Å². The average molecular weight is 944 g/mol. The molecule has 0 rings (SSSR count). The summed E-state index contributed by atoms with van der Waals surface area (Å²) >= 11 is 0. The highest BCUT2D eigenvalue weighted by atomic mass is 16.7. The zero-order valence-corrected chi connectivity index (χ0v) is 44.3. The van der Waals surface area contributed by atoms with Crippen molar-refractivity contribution in [1.29, 1.82) is 0 Å². The third kappa shape index (κ3) is 50.9. The van der Waals surface area contributed by atoms with Gasteiger partial charge in [-0.25, -0.2) is 0 Å². The highest BCUT2D eigenvalue weighted by Crippen LogP contribution is 2.17. The monoisotopic (exact) mass is 944 g/mol. The average Bonchev–Trinajstić information content (AvgIpc) is 3.29. The Morgan fingerprint density at radius 1 is 0.463 bits per heavy atom. The zero-order valence-electron chi connectivity index (χ0n) is 44.3. The van der Waals surface area contributed by atoms with Crippen LogP contribution in [0.2, 0.25) is 0 Å². The Hall–Kier alpha value is -2.75. The lowest BCUT2D eigenvalue weighted by Crippen LogP contribution is -2.44. The van der Waals surface area contributed by atoms with E-state index in [2.05, 4.69) is 62.5 Å². The molecule has 0 saturated heterocycles. The van der Waals surface area contributed by atoms with Crippen molar-refractivity contribution in [1.82, 2.24) is 0 Å². The van der Waals surface area contributed by atoms with Gasteiger partial charge in [0.05, 0.1) is 40.3 Å². The molecular weight excluding hydrogens is 839 g/mol. The minimum atomic E-state index is -1.62. The molecule has 0 bridgehead atoms. The maximum atomic E-state index is 12.8. The normalized spacial score (nSPS) is 13.1. The summed E-state index contributed by atoms with van der Waals surface area (Å²) in [6, 6.07) is 0. The molecule has 0 heterocycles. The number of allylic oxidation sites excluding steroid dienone is 8. The van der Waals surface area contributed by atoms with E-state index in [1.54, 1.807) is 0 Å². The second-order valence-electron chi connectivity index (χ2n) is 19.9. The van der Waals surface area contributed by atoms with Gasteiger partial charge in [-0.3, -0.25) is 9.59 Å². The van der Waals surface area contributed by atoms with Gasteiger partial charge in [-0.1, -0.05) is 229 Å². The molecule has 0 amide bonds. The fourth-order valence-electron chi connectivity index (χ4n) is 7.82. The van der Waals surface area contributed by atoms with E-state index in [0.29, 0.717) is 17.4 Å². The van der Waals surface area contributed by atoms with Crippen LogP contribution >= 0.6 is 0 Å². The summed E-state index contributed by atoms with van der Waals surface area (Å²) in [6.07, 6.45) is 57.8. The summed E-state index contributed by atoms with van der Waals surface area (Å²) in [5.74, 6) is -2.28. The Labute approximate surface area is 412 Å². The van der Waals surface area contributed by atoms with Gasteiger partial charge in [0.15, 0.2) is 12.4 Å². The summed E-state index contributed by atoms with van der Waals surface area (Å²) < 4.78 is 22.5. The van der Waals surface area contributed by atoms with Crippen LogP contribution in [0.4, 0.5) is 0 Å². The fraction of sp³-hybridized carbons (Fsp3) is 0.810. The molecule has 0 N–H and O–H groups in total. The highest BCUT2D eigenvalue weighted by molar-refractivity contribution is 5.70. The number of aliphatic carboxylic acids is 1. The van der Waals surface area contributed by atoms with Crippen molar-refractivity contribution in [2.45, 2.75) is 257 Å². The zero-order chi connectivity index (χ0) is 49.2. The maximum absolute atomic E-state index is 12.8. The maximum Gasteiger partial charge on any atom is 0.306 e. The van der Waals surface area contributed by atoms with Crippen LogP contribution in [-0.2, 0) is 33.3 Å². The van der Waals surface area contributed by atoms with Gasteiger partial charge in [0.1, 0.15) is 13.2 Å².